The molecule has 6 nitrogen and oxygen atoms in total. The normalized spacial score (nSPS) is 15.5. The molecular formula is C18H16O6. The largest absolute Gasteiger partial charge is 0.507 e. The second-order valence-electron chi connectivity index (χ2n) is 5.60. The van der Waals surface area contributed by atoms with Gasteiger partial charge in [-0.2, -0.15) is 0 Å². The maximum Gasteiger partial charge on any atom is 0.245 e. The van der Waals surface area contributed by atoms with E-state index in [2.05, 4.69) is 0 Å². The summed E-state index contributed by atoms with van der Waals surface area (Å²) in [5.41, 5.74) is 0.959. The molecule has 0 aromatic heterocycles. The Hall–Kier alpha value is -3.02. The van der Waals surface area contributed by atoms with Crippen LogP contribution in [0.25, 0.3) is 0 Å². The highest BCUT2D eigenvalue weighted by atomic mass is 16.7. The number of rotatable bonds is 4. The number of carbonyl (C=O) groups is 2. The molecule has 0 unspecified atom stereocenters. The number of phenolic OH excluding ortho intramolecular Hbond substituents is 2. The van der Waals surface area contributed by atoms with Crippen molar-refractivity contribution in [1.82, 2.24) is 0 Å². The first kappa shape index (κ1) is 15.9. The van der Waals surface area contributed by atoms with Gasteiger partial charge in [-0.05, 0) is 38.1 Å². The molecule has 3 rings (SSSR count). The van der Waals surface area contributed by atoms with Gasteiger partial charge >= 0.3 is 0 Å². The van der Waals surface area contributed by atoms with Crippen molar-refractivity contribution in [3.8, 4) is 23.0 Å². The zero-order valence-corrected chi connectivity index (χ0v) is 13.2. The quantitative estimate of drug-likeness (QED) is 0.838. The summed E-state index contributed by atoms with van der Waals surface area (Å²) in [6.45, 7) is 2.74. The van der Waals surface area contributed by atoms with E-state index in [4.69, 9.17) is 9.47 Å². The molecule has 24 heavy (non-hydrogen) atoms. The molecule has 0 aliphatic carbocycles. The number of hydrogen-bond acceptors (Lipinski definition) is 6. The first-order chi connectivity index (χ1) is 11.4. The van der Waals surface area contributed by atoms with Crippen molar-refractivity contribution in [2.45, 2.75) is 26.6 Å². The van der Waals surface area contributed by atoms with Crippen LogP contribution in [0.3, 0.4) is 0 Å². The molecule has 0 saturated heterocycles. The fourth-order valence-corrected chi connectivity index (χ4v) is 2.66. The molecule has 1 aliphatic rings. The Morgan fingerprint density at radius 3 is 2.38 bits per heavy atom. The lowest BCUT2D eigenvalue weighted by molar-refractivity contribution is 0.0250. The SMILES string of the molecule is CC(=O)c1ccc(O[C@H]2Cc3c(ccc(C(C)=O)c3O)O2)cc1O. The third-order valence-corrected chi connectivity index (χ3v) is 3.86. The summed E-state index contributed by atoms with van der Waals surface area (Å²) >= 11 is 0. The summed E-state index contributed by atoms with van der Waals surface area (Å²) in [5, 5.41) is 20.0. The fraction of sp³-hybridized carbons (Fsp3) is 0.222. The molecule has 0 radical (unpaired) electrons. The van der Waals surface area contributed by atoms with Crippen molar-refractivity contribution in [1.29, 1.82) is 0 Å². The van der Waals surface area contributed by atoms with Crippen molar-refractivity contribution in [3.63, 3.8) is 0 Å². The van der Waals surface area contributed by atoms with Crippen LogP contribution in [0, 0.1) is 0 Å². The van der Waals surface area contributed by atoms with Crippen LogP contribution in [0.5, 0.6) is 23.0 Å². The second-order valence-corrected chi connectivity index (χ2v) is 5.60. The van der Waals surface area contributed by atoms with E-state index >= 15 is 0 Å². The maximum atomic E-state index is 11.5. The highest BCUT2D eigenvalue weighted by molar-refractivity contribution is 5.97. The van der Waals surface area contributed by atoms with Gasteiger partial charge in [0.1, 0.15) is 23.0 Å². The Morgan fingerprint density at radius 2 is 1.75 bits per heavy atom. The van der Waals surface area contributed by atoms with Gasteiger partial charge in [-0.25, -0.2) is 0 Å². The van der Waals surface area contributed by atoms with Crippen LogP contribution in [0.1, 0.15) is 40.1 Å². The van der Waals surface area contributed by atoms with Gasteiger partial charge in [0.25, 0.3) is 0 Å². The van der Waals surface area contributed by atoms with E-state index in [9.17, 15) is 19.8 Å². The van der Waals surface area contributed by atoms with E-state index in [1.54, 1.807) is 12.1 Å². The van der Waals surface area contributed by atoms with Gasteiger partial charge < -0.3 is 19.7 Å². The van der Waals surface area contributed by atoms with E-state index in [1.807, 2.05) is 0 Å². The Bertz CT molecular complexity index is 840. The van der Waals surface area contributed by atoms with Gasteiger partial charge in [0.15, 0.2) is 11.6 Å². The topological polar surface area (TPSA) is 93.1 Å². The average molecular weight is 328 g/mol. The zero-order valence-electron chi connectivity index (χ0n) is 13.2. The molecule has 0 saturated carbocycles. The number of fused-ring (bicyclic) bond motifs is 1. The number of ether oxygens (including phenoxy) is 2. The van der Waals surface area contributed by atoms with Gasteiger partial charge in [0.2, 0.25) is 6.29 Å². The minimum absolute atomic E-state index is 0.0964. The lowest BCUT2D eigenvalue weighted by Crippen LogP contribution is -2.21. The number of Topliss-reactive ketones (excluding diaryl/α,β-unsaturated/α-hetero) is 2. The molecule has 2 aromatic carbocycles. The number of carbonyl (C=O) groups excluding carboxylic acids is 2. The van der Waals surface area contributed by atoms with Crippen LogP contribution in [0.15, 0.2) is 30.3 Å². The molecule has 0 bridgehead atoms. The van der Waals surface area contributed by atoms with Crippen LogP contribution in [0.4, 0.5) is 0 Å². The van der Waals surface area contributed by atoms with Gasteiger partial charge in [0.05, 0.1) is 17.5 Å². The molecule has 1 aliphatic heterocycles. The van der Waals surface area contributed by atoms with Gasteiger partial charge in [-0.1, -0.05) is 0 Å². The second kappa shape index (κ2) is 5.88. The number of phenols is 2. The fourth-order valence-electron chi connectivity index (χ4n) is 2.66. The summed E-state index contributed by atoms with van der Waals surface area (Å²) in [6, 6.07) is 7.49. The Morgan fingerprint density at radius 1 is 1.08 bits per heavy atom. The predicted molar refractivity (Wildman–Crippen MR) is 85.0 cm³/mol. The smallest absolute Gasteiger partial charge is 0.245 e. The summed E-state index contributed by atoms with van der Waals surface area (Å²) in [4.78, 5) is 22.8. The standard InChI is InChI=1S/C18H16O6/c1-9(19)12-4-3-11(7-15(12)21)23-17-8-14-16(24-17)6-5-13(10(2)20)18(14)22/h3-7,17,21-22H,8H2,1-2H3/t17-/m1/s1. The van der Waals surface area contributed by atoms with Crippen LogP contribution < -0.4 is 9.47 Å². The summed E-state index contributed by atoms with van der Waals surface area (Å²) in [6.07, 6.45) is -0.437. The summed E-state index contributed by atoms with van der Waals surface area (Å²) in [7, 11) is 0. The first-order valence-corrected chi connectivity index (χ1v) is 7.40. The van der Waals surface area contributed by atoms with Crippen LogP contribution in [-0.4, -0.2) is 28.1 Å². The van der Waals surface area contributed by atoms with E-state index < -0.39 is 6.29 Å². The minimum atomic E-state index is -0.698. The lowest BCUT2D eigenvalue weighted by Gasteiger charge is -2.14. The number of benzene rings is 2. The summed E-state index contributed by atoms with van der Waals surface area (Å²) in [5.74, 6) is 0.0430. The molecular weight excluding hydrogens is 312 g/mol. The molecule has 0 fully saturated rings. The molecule has 0 amide bonds. The Labute approximate surface area is 138 Å². The predicted octanol–water partition coefficient (Wildman–Crippen LogP) is 2.84. The third-order valence-electron chi connectivity index (χ3n) is 3.86. The van der Waals surface area contributed by atoms with Crippen molar-refractivity contribution < 1.29 is 29.3 Å². The molecule has 1 atom stereocenters. The zero-order chi connectivity index (χ0) is 17.4. The van der Waals surface area contributed by atoms with Crippen molar-refractivity contribution >= 4 is 11.6 Å². The molecule has 6 heteroatoms. The van der Waals surface area contributed by atoms with E-state index in [-0.39, 0.29) is 40.6 Å². The van der Waals surface area contributed by atoms with E-state index in [1.165, 1.54) is 32.0 Å². The van der Waals surface area contributed by atoms with Crippen LogP contribution in [0.2, 0.25) is 0 Å². The highest BCUT2D eigenvalue weighted by Crippen LogP contribution is 2.38. The molecule has 2 N–H and O–H groups in total. The van der Waals surface area contributed by atoms with Crippen molar-refractivity contribution in [2.75, 3.05) is 0 Å². The number of ketones is 2. The number of hydrogen-bond donors (Lipinski definition) is 2. The van der Waals surface area contributed by atoms with Gasteiger partial charge in [-0.15, -0.1) is 0 Å². The maximum absolute atomic E-state index is 11.5. The van der Waals surface area contributed by atoms with Gasteiger partial charge in [0, 0.05) is 11.6 Å². The molecule has 0 spiro atoms. The summed E-state index contributed by atoms with van der Waals surface area (Å²) < 4.78 is 11.2. The highest BCUT2D eigenvalue weighted by Gasteiger charge is 2.29. The molecule has 2 aromatic rings. The monoisotopic (exact) mass is 328 g/mol. The van der Waals surface area contributed by atoms with Crippen LogP contribution >= 0.6 is 0 Å². The van der Waals surface area contributed by atoms with Crippen molar-refractivity contribution in [2.24, 2.45) is 0 Å². The Kier molecular flexibility index (Phi) is 3.89. The lowest BCUT2D eigenvalue weighted by atomic mass is 10.0. The first-order valence-electron chi connectivity index (χ1n) is 7.40. The van der Waals surface area contributed by atoms with Crippen molar-refractivity contribution in [3.05, 3.63) is 47.0 Å². The molecule has 124 valence electrons. The van der Waals surface area contributed by atoms with Gasteiger partial charge in [-0.3, -0.25) is 9.59 Å². The van der Waals surface area contributed by atoms with E-state index in [0.717, 1.165) is 0 Å². The molecule has 1 heterocycles. The van der Waals surface area contributed by atoms with Crippen LogP contribution in [-0.2, 0) is 6.42 Å². The third kappa shape index (κ3) is 2.78. The number of aromatic hydroxyl groups is 2. The minimum Gasteiger partial charge on any atom is -0.507 e. The van der Waals surface area contributed by atoms with E-state index in [0.29, 0.717) is 17.1 Å². The average Bonchev–Trinajstić information content (AvgIpc) is 2.90. The Balaban J connectivity index is 1.79.